The standard InChI is InChI=1S/C14H16N2O4/c1-2-7-16-11-8-10(4-6-13(17)15-19)3-5-12(11)20-9-14(16)18/h3-6,8,19H,2,7,9H2,1H3,(H,15,17)/b6-4+. The number of rotatable bonds is 4. The van der Waals surface area contributed by atoms with Gasteiger partial charge in [0.1, 0.15) is 5.75 Å². The van der Waals surface area contributed by atoms with Gasteiger partial charge in [0.15, 0.2) is 6.61 Å². The summed E-state index contributed by atoms with van der Waals surface area (Å²) in [6, 6.07) is 5.32. The molecule has 1 aliphatic rings. The number of ether oxygens (including phenoxy) is 1. The van der Waals surface area contributed by atoms with E-state index in [1.54, 1.807) is 29.2 Å². The van der Waals surface area contributed by atoms with E-state index >= 15 is 0 Å². The molecule has 1 aromatic carbocycles. The van der Waals surface area contributed by atoms with Crippen molar-refractivity contribution in [2.75, 3.05) is 18.1 Å². The topological polar surface area (TPSA) is 78.9 Å². The maximum Gasteiger partial charge on any atom is 0.267 e. The monoisotopic (exact) mass is 276 g/mol. The minimum absolute atomic E-state index is 0.0507. The second-order valence-electron chi connectivity index (χ2n) is 4.37. The number of hydrogen-bond donors (Lipinski definition) is 2. The van der Waals surface area contributed by atoms with Crippen LogP contribution in [0.4, 0.5) is 5.69 Å². The largest absolute Gasteiger partial charge is 0.482 e. The molecular weight excluding hydrogens is 260 g/mol. The fraction of sp³-hybridized carbons (Fsp3) is 0.286. The molecule has 0 aliphatic carbocycles. The molecule has 2 amide bonds. The van der Waals surface area contributed by atoms with Crippen LogP contribution in [0.25, 0.3) is 6.08 Å². The average Bonchev–Trinajstić information content (AvgIpc) is 2.47. The Hall–Kier alpha value is -2.34. The molecule has 106 valence electrons. The van der Waals surface area contributed by atoms with Crippen LogP contribution in [0.5, 0.6) is 5.75 Å². The molecule has 1 aliphatic heterocycles. The van der Waals surface area contributed by atoms with Gasteiger partial charge in [-0.3, -0.25) is 14.8 Å². The van der Waals surface area contributed by atoms with Gasteiger partial charge < -0.3 is 9.64 Å². The number of fused-ring (bicyclic) bond motifs is 1. The van der Waals surface area contributed by atoms with E-state index in [9.17, 15) is 9.59 Å². The zero-order valence-electron chi connectivity index (χ0n) is 11.1. The minimum atomic E-state index is -0.611. The Balaban J connectivity index is 2.30. The van der Waals surface area contributed by atoms with E-state index in [1.165, 1.54) is 11.6 Å². The second-order valence-corrected chi connectivity index (χ2v) is 4.37. The summed E-state index contributed by atoms with van der Waals surface area (Å²) >= 11 is 0. The first-order valence-electron chi connectivity index (χ1n) is 6.35. The SMILES string of the molecule is CCCN1C(=O)COc2ccc(/C=C/C(=O)NO)cc21. The second kappa shape index (κ2) is 6.21. The van der Waals surface area contributed by atoms with Crippen molar-refractivity contribution in [2.24, 2.45) is 0 Å². The lowest BCUT2D eigenvalue weighted by molar-refractivity contribution is -0.124. The normalized spacial score (nSPS) is 14.1. The summed E-state index contributed by atoms with van der Waals surface area (Å²) in [5.74, 6) is -0.0316. The molecule has 6 heteroatoms. The molecule has 2 rings (SSSR count). The number of nitrogens with zero attached hydrogens (tertiary/aromatic N) is 1. The quantitative estimate of drug-likeness (QED) is 0.494. The first-order valence-corrected chi connectivity index (χ1v) is 6.35. The summed E-state index contributed by atoms with van der Waals surface area (Å²) in [7, 11) is 0. The summed E-state index contributed by atoms with van der Waals surface area (Å²) in [4.78, 5) is 24.5. The highest BCUT2D eigenvalue weighted by Gasteiger charge is 2.24. The number of anilines is 1. The third kappa shape index (κ3) is 2.97. The summed E-state index contributed by atoms with van der Waals surface area (Å²) in [5, 5.41) is 8.43. The van der Waals surface area contributed by atoms with Crippen LogP contribution >= 0.6 is 0 Å². The zero-order chi connectivity index (χ0) is 14.5. The molecule has 0 unspecified atom stereocenters. The maximum atomic E-state index is 11.9. The van der Waals surface area contributed by atoms with E-state index < -0.39 is 5.91 Å². The lowest BCUT2D eigenvalue weighted by Gasteiger charge is -2.29. The Bertz CT molecular complexity index is 554. The van der Waals surface area contributed by atoms with Gasteiger partial charge >= 0.3 is 0 Å². The van der Waals surface area contributed by atoms with Crippen LogP contribution in [0.1, 0.15) is 18.9 Å². The van der Waals surface area contributed by atoms with Gasteiger partial charge in [-0.1, -0.05) is 13.0 Å². The van der Waals surface area contributed by atoms with E-state index in [4.69, 9.17) is 9.94 Å². The van der Waals surface area contributed by atoms with E-state index in [0.717, 1.165) is 12.0 Å². The van der Waals surface area contributed by atoms with Gasteiger partial charge in [-0.25, -0.2) is 5.48 Å². The van der Waals surface area contributed by atoms with Crippen molar-refractivity contribution in [1.82, 2.24) is 5.48 Å². The molecule has 0 aromatic heterocycles. The summed E-state index contributed by atoms with van der Waals surface area (Å²) < 4.78 is 5.38. The average molecular weight is 276 g/mol. The molecule has 0 saturated carbocycles. The summed E-state index contributed by atoms with van der Waals surface area (Å²) in [6.07, 6.45) is 3.60. The lowest BCUT2D eigenvalue weighted by Crippen LogP contribution is -2.39. The number of nitrogens with one attached hydrogen (secondary N) is 1. The predicted molar refractivity (Wildman–Crippen MR) is 73.5 cm³/mol. The predicted octanol–water partition coefficient (Wildman–Crippen LogP) is 1.34. The highest BCUT2D eigenvalue weighted by atomic mass is 16.5. The molecule has 0 atom stereocenters. The number of benzene rings is 1. The van der Waals surface area contributed by atoms with E-state index in [-0.39, 0.29) is 12.5 Å². The smallest absolute Gasteiger partial charge is 0.267 e. The number of hydroxylamine groups is 1. The molecule has 20 heavy (non-hydrogen) atoms. The Morgan fingerprint density at radius 3 is 3.05 bits per heavy atom. The molecule has 1 heterocycles. The summed E-state index contributed by atoms with van der Waals surface area (Å²) in [6.45, 7) is 2.67. The van der Waals surface area contributed by atoms with Crippen molar-refractivity contribution in [3.8, 4) is 5.75 Å². The van der Waals surface area contributed by atoms with Gasteiger partial charge in [-0.15, -0.1) is 0 Å². The highest BCUT2D eigenvalue weighted by molar-refractivity contribution is 5.98. The molecule has 6 nitrogen and oxygen atoms in total. The first-order chi connectivity index (χ1) is 9.65. The van der Waals surface area contributed by atoms with E-state index in [0.29, 0.717) is 18.0 Å². The molecule has 0 spiro atoms. The number of carbonyl (C=O) groups excluding carboxylic acids is 2. The van der Waals surface area contributed by atoms with Gasteiger partial charge in [0.2, 0.25) is 0 Å². The number of carbonyl (C=O) groups is 2. The van der Waals surface area contributed by atoms with Crippen molar-refractivity contribution < 1.29 is 19.5 Å². The Kier molecular flexibility index (Phi) is 4.37. The highest BCUT2D eigenvalue weighted by Crippen LogP contribution is 2.33. The van der Waals surface area contributed by atoms with Crippen LogP contribution in [-0.4, -0.2) is 30.2 Å². The van der Waals surface area contributed by atoms with Gasteiger partial charge in [-0.2, -0.15) is 0 Å². The summed E-state index contributed by atoms with van der Waals surface area (Å²) in [5.41, 5.74) is 2.96. The van der Waals surface area contributed by atoms with Crippen molar-refractivity contribution in [3.63, 3.8) is 0 Å². The van der Waals surface area contributed by atoms with Crippen LogP contribution in [0, 0.1) is 0 Å². The van der Waals surface area contributed by atoms with E-state index in [1.807, 2.05) is 6.92 Å². The Labute approximate surface area is 116 Å². The molecule has 0 saturated heterocycles. The Morgan fingerprint density at radius 2 is 2.35 bits per heavy atom. The molecule has 2 N–H and O–H groups in total. The third-order valence-electron chi connectivity index (χ3n) is 2.91. The van der Waals surface area contributed by atoms with Crippen LogP contribution in [0.2, 0.25) is 0 Å². The molecule has 1 aromatic rings. The van der Waals surface area contributed by atoms with Crippen molar-refractivity contribution in [1.29, 1.82) is 0 Å². The fourth-order valence-corrected chi connectivity index (χ4v) is 2.00. The lowest BCUT2D eigenvalue weighted by atomic mass is 10.1. The zero-order valence-corrected chi connectivity index (χ0v) is 11.1. The molecule has 0 bridgehead atoms. The number of hydrogen-bond acceptors (Lipinski definition) is 4. The number of amides is 2. The maximum absolute atomic E-state index is 11.9. The van der Waals surface area contributed by atoms with Gasteiger partial charge in [0, 0.05) is 12.6 Å². The van der Waals surface area contributed by atoms with Gasteiger partial charge in [0.05, 0.1) is 5.69 Å². The van der Waals surface area contributed by atoms with Crippen molar-refractivity contribution in [3.05, 3.63) is 29.8 Å². The van der Waals surface area contributed by atoms with Crippen LogP contribution in [0.15, 0.2) is 24.3 Å². The van der Waals surface area contributed by atoms with Crippen LogP contribution in [0.3, 0.4) is 0 Å². The van der Waals surface area contributed by atoms with Crippen LogP contribution < -0.4 is 15.1 Å². The minimum Gasteiger partial charge on any atom is -0.482 e. The first kappa shape index (κ1) is 14.1. The van der Waals surface area contributed by atoms with Gasteiger partial charge in [-0.05, 0) is 30.2 Å². The van der Waals surface area contributed by atoms with E-state index in [2.05, 4.69) is 0 Å². The van der Waals surface area contributed by atoms with Crippen LogP contribution in [-0.2, 0) is 9.59 Å². The third-order valence-corrected chi connectivity index (χ3v) is 2.91. The molecule has 0 fully saturated rings. The molecule has 0 radical (unpaired) electrons. The fourth-order valence-electron chi connectivity index (χ4n) is 2.00. The Morgan fingerprint density at radius 1 is 1.55 bits per heavy atom. The van der Waals surface area contributed by atoms with Gasteiger partial charge in [0.25, 0.3) is 11.8 Å². The van der Waals surface area contributed by atoms with Crippen molar-refractivity contribution in [2.45, 2.75) is 13.3 Å². The molecular formula is C14H16N2O4. The van der Waals surface area contributed by atoms with Crippen molar-refractivity contribution >= 4 is 23.6 Å².